The van der Waals surface area contributed by atoms with Crippen molar-refractivity contribution >= 4 is 11.9 Å². The molecule has 0 aromatic rings. The SMILES string of the molecule is CCCCCCCCCCCC(=O)O[C@@H]1[C@@H](OC(=O)CCCCCCCCCCC)[C@H](O)[C@@H](CO)O[C@@H]1O. The molecular formula is C30H56O8. The van der Waals surface area contributed by atoms with Crippen LogP contribution in [0, 0.1) is 0 Å². The third kappa shape index (κ3) is 15.4. The lowest BCUT2D eigenvalue weighted by Gasteiger charge is -2.41. The summed E-state index contributed by atoms with van der Waals surface area (Å²) in [7, 11) is 0. The fourth-order valence-electron chi connectivity index (χ4n) is 4.90. The first-order valence-corrected chi connectivity index (χ1v) is 15.5. The van der Waals surface area contributed by atoms with Crippen molar-refractivity contribution in [2.24, 2.45) is 0 Å². The van der Waals surface area contributed by atoms with Gasteiger partial charge in [-0.3, -0.25) is 9.59 Å². The molecule has 0 unspecified atom stereocenters. The number of hydrogen-bond acceptors (Lipinski definition) is 8. The van der Waals surface area contributed by atoms with Crippen molar-refractivity contribution in [1.82, 2.24) is 0 Å². The van der Waals surface area contributed by atoms with Crippen LogP contribution in [0.5, 0.6) is 0 Å². The molecular weight excluding hydrogens is 488 g/mol. The highest BCUT2D eigenvalue weighted by atomic mass is 16.7. The maximum atomic E-state index is 12.5. The minimum absolute atomic E-state index is 0.178. The molecule has 0 spiro atoms. The van der Waals surface area contributed by atoms with Crippen LogP contribution in [0.25, 0.3) is 0 Å². The summed E-state index contributed by atoms with van der Waals surface area (Å²) in [5.41, 5.74) is 0. The molecule has 5 atom stereocenters. The molecule has 8 heteroatoms. The van der Waals surface area contributed by atoms with E-state index in [1.807, 2.05) is 0 Å². The minimum atomic E-state index is -1.60. The molecule has 0 aliphatic carbocycles. The third-order valence-corrected chi connectivity index (χ3v) is 7.32. The second kappa shape index (κ2) is 22.6. The van der Waals surface area contributed by atoms with Gasteiger partial charge in [0.2, 0.25) is 0 Å². The van der Waals surface area contributed by atoms with E-state index in [0.29, 0.717) is 12.8 Å². The fourth-order valence-corrected chi connectivity index (χ4v) is 4.90. The average molecular weight is 545 g/mol. The van der Waals surface area contributed by atoms with Crippen LogP contribution in [-0.2, 0) is 23.8 Å². The lowest BCUT2D eigenvalue weighted by Crippen LogP contribution is -2.61. The number of aliphatic hydroxyl groups excluding tert-OH is 3. The molecule has 1 saturated heterocycles. The van der Waals surface area contributed by atoms with E-state index < -0.39 is 49.3 Å². The van der Waals surface area contributed by atoms with Crippen LogP contribution in [0.2, 0.25) is 0 Å². The molecule has 3 N–H and O–H groups in total. The summed E-state index contributed by atoms with van der Waals surface area (Å²) in [4.78, 5) is 24.9. The summed E-state index contributed by atoms with van der Waals surface area (Å²) in [6.07, 6.45) is 13.7. The number of carbonyl (C=O) groups is 2. The zero-order valence-electron chi connectivity index (χ0n) is 24.1. The Morgan fingerprint density at radius 3 is 1.37 bits per heavy atom. The second-order valence-electron chi connectivity index (χ2n) is 10.8. The summed E-state index contributed by atoms with van der Waals surface area (Å²) >= 11 is 0. The average Bonchev–Trinajstić information content (AvgIpc) is 2.90. The normalized spacial score (nSPS) is 23.3. The Morgan fingerprint density at radius 2 is 0.974 bits per heavy atom. The van der Waals surface area contributed by atoms with Crippen LogP contribution in [-0.4, -0.2) is 64.6 Å². The van der Waals surface area contributed by atoms with Gasteiger partial charge >= 0.3 is 11.9 Å². The molecule has 8 nitrogen and oxygen atoms in total. The van der Waals surface area contributed by atoms with Gasteiger partial charge in [0.05, 0.1) is 6.61 Å². The monoisotopic (exact) mass is 544 g/mol. The zero-order chi connectivity index (χ0) is 28.0. The van der Waals surface area contributed by atoms with E-state index in [1.165, 1.54) is 64.2 Å². The van der Waals surface area contributed by atoms with E-state index in [0.717, 1.165) is 38.5 Å². The molecule has 0 bridgehead atoms. The van der Waals surface area contributed by atoms with E-state index in [2.05, 4.69) is 13.8 Å². The summed E-state index contributed by atoms with van der Waals surface area (Å²) in [6.45, 7) is 3.84. The molecule has 0 radical (unpaired) electrons. The predicted molar refractivity (Wildman–Crippen MR) is 147 cm³/mol. The Labute approximate surface area is 230 Å². The number of hydrogen-bond donors (Lipinski definition) is 3. The second-order valence-corrected chi connectivity index (χ2v) is 10.8. The molecule has 0 aromatic carbocycles. The Kier molecular flexibility index (Phi) is 20.7. The molecule has 1 heterocycles. The quantitative estimate of drug-likeness (QED) is 0.110. The van der Waals surface area contributed by atoms with Gasteiger partial charge in [-0.05, 0) is 12.8 Å². The van der Waals surface area contributed by atoms with Gasteiger partial charge in [-0.25, -0.2) is 0 Å². The van der Waals surface area contributed by atoms with Crippen LogP contribution < -0.4 is 0 Å². The maximum absolute atomic E-state index is 12.5. The van der Waals surface area contributed by atoms with Gasteiger partial charge in [0.25, 0.3) is 0 Å². The molecule has 1 aliphatic rings. The molecule has 1 rings (SSSR count). The summed E-state index contributed by atoms with van der Waals surface area (Å²) in [6, 6.07) is 0. The first-order chi connectivity index (χ1) is 18.4. The Morgan fingerprint density at radius 1 is 0.605 bits per heavy atom. The molecule has 224 valence electrons. The standard InChI is InChI=1S/C30H56O8/c1-3-5-7-9-11-13-15-17-19-21-25(32)37-28-27(34)24(23-31)36-30(35)29(28)38-26(33)22-20-18-16-14-12-10-8-6-4-2/h24,27-31,34-35H,3-23H2,1-2H3/t24-,27-,28+,29-,30+/m1/s1. The highest BCUT2D eigenvalue weighted by Crippen LogP contribution is 2.26. The van der Waals surface area contributed by atoms with E-state index in [-0.39, 0.29) is 12.8 Å². The highest BCUT2D eigenvalue weighted by molar-refractivity contribution is 5.70. The lowest BCUT2D eigenvalue weighted by molar-refractivity contribution is -0.293. The van der Waals surface area contributed by atoms with Crippen LogP contribution in [0.4, 0.5) is 0 Å². The molecule has 0 aromatic heterocycles. The zero-order valence-corrected chi connectivity index (χ0v) is 24.1. The van der Waals surface area contributed by atoms with Crippen molar-refractivity contribution in [2.75, 3.05) is 6.61 Å². The predicted octanol–water partition coefficient (Wildman–Crippen LogP) is 5.72. The molecule has 0 saturated carbocycles. The van der Waals surface area contributed by atoms with Gasteiger partial charge in [-0.2, -0.15) is 0 Å². The fraction of sp³-hybridized carbons (Fsp3) is 0.933. The van der Waals surface area contributed by atoms with E-state index in [9.17, 15) is 24.9 Å². The number of esters is 2. The summed E-state index contributed by atoms with van der Waals surface area (Å²) in [5.74, 6) is -1.06. The van der Waals surface area contributed by atoms with E-state index in [1.54, 1.807) is 0 Å². The first kappa shape index (κ1) is 34.8. The van der Waals surface area contributed by atoms with Crippen molar-refractivity contribution in [3.8, 4) is 0 Å². The Hall–Kier alpha value is -1.22. The molecule has 1 aliphatic heterocycles. The van der Waals surface area contributed by atoms with E-state index >= 15 is 0 Å². The van der Waals surface area contributed by atoms with Crippen LogP contribution >= 0.6 is 0 Å². The molecule has 1 fully saturated rings. The summed E-state index contributed by atoms with van der Waals surface area (Å²) in [5, 5.41) is 30.5. The van der Waals surface area contributed by atoms with Gasteiger partial charge < -0.3 is 29.5 Å². The summed E-state index contributed by atoms with van der Waals surface area (Å²) < 4.78 is 16.1. The van der Waals surface area contributed by atoms with Crippen LogP contribution in [0.3, 0.4) is 0 Å². The molecule has 0 amide bonds. The third-order valence-electron chi connectivity index (χ3n) is 7.32. The largest absolute Gasteiger partial charge is 0.455 e. The van der Waals surface area contributed by atoms with Gasteiger partial charge in [0.15, 0.2) is 18.5 Å². The number of rotatable bonds is 23. The van der Waals surface area contributed by atoms with Crippen molar-refractivity contribution in [3.05, 3.63) is 0 Å². The first-order valence-electron chi connectivity index (χ1n) is 15.5. The Balaban J connectivity index is 2.40. The lowest BCUT2D eigenvalue weighted by atomic mass is 9.98. The number of unbranched alkanes of at least 4 members (excludes halogenated alkanes) is 16. The van der Waals surface area contributed by atoms with Crippen molar-refractivity contribution in [2.45, 2.75) is 173 Å². The number of ether oxygens (including phenoxy) is 3. The topological polar surface area (TPSA) is 123 Å². The van der Waals surface area contributed by atoms with E-state index in [4.69, 9.17) is 14.2 Å². The van der Waals surface area contributed by atoms with Gasteiger partial charge in [0, 0.05) is 12.8 Å². The van der Waals surface area contributed by atoms with Crippen molar-refractivity contribution < 1.29 is 39.1 Å². The smallest absolute Gasteiger partial charge is 0.306 e. The maximum Gasteiger partial charge on any atom is 0.306 e. The van der Waals surface area contributed by atoms with Crippen molar-refractivity contribution in [1.29, 1.82) is 0 Å². The number of carbonyl (C=O) groups excluding carboxylic acids is 2. The van der Waals surface area contributed by atoms with Crippen LogP contribution in [0.1, 0.15) is 142 Å². The van der Waals surface area contributed by atoms with Gasteiger partial charge in [-0.1, -0.05) is 117 Å². The number of aliphatic hydroxyl groups is 3. The van der Waals surface area contributed by atoms with Crippen LogP contribution in [0.15, 0.2) is 0 Å². The highest BCUT2D eigenvalue weighted by Gasteiger charge is 2.49. The molecule has 38 heavy (non-hydrogen) atoms. The van der Waals surface area contributed by atoms with Gasteiger partial charge in [0.1, 0.15) is 12.2 Å². The minimum Gasteiger partial charge on any atom is -0.455 e. The van der Waals surface area contributed by atoms with Gasteiger partial charge in [-0.15, -0.1) is 0 Å². The Bertz CT molecular complexity index is 599. The van der Waals surface area contributed by atoms with Crippen molar-refractivity contribution in [3.63, 3.8) is 0 Å².